The monoisotopic (exact) mass is 245 g/mol. The molecule has 17 heavy (non-hydrogen) atoms. The van der Waals surface area contributed by atoms with Crippen LogP contribution in [0.3, 0.4) is 0 Å². The van der Waals surface area contributed by atoms with Crippen LogP contribution >= 0.6 is 11.6 Å². The molecule has 0 saturated carbocycles. The van der Waals surface area contributed by atoms with Gasteiger partial charge in [0.15, 0.2) is 0 Å². The topological polar surface area (TPSA) is 32.6 Å². The van der Waals surface area contributed by atoms with Gasteiger partial charge < -0.3 is 5.21 Å². The molecular formula is C14H12ClNO. The number of rotatable bonds is 3. The minimum absolute atomic E-state index is 0.190. The van der Waals surface area contributed by atoms with Crippen molar-refractivity contribution >= 4 is 16.8 Å². The predicted molar refractivity (Wildman–Crippen MR) is 70.7 cm³/mol. The summed E-state index contributed by atoms with van der Waals surface area (Å²) < 4.78 is 0. The van der Waals surface area contributed by atoms with Crippen molar-refractivity contribution in [2.24, 2.45) is 5.16 Å². The van der Waals surface area contributed by atoms with Crippen molar-refractivity contribution in [3.05, 3.63) is 60.2 Å². The Labute approximate surface area is 105 Å². The molecule has 2 aromatic rings. The Hall–Kier alpha value is -1.80. The minimum Gasteiger partial charge on any atom is -0.410 e. The normalized spacial score (nSPS) is 11.5. The van der Waals surface area contributed by atoms with E-state index in [1.165, 1.54) is 0 Å². The smallest absolute Gasteiger partial charge is 0.149 e. The lowest BCUT2D eigenvalue weighted by molar-refractivity contribution is 0.319. The summed E-state index contributed by atoms with van der Waals surface area (Å²) in [5.41, 5.74) is 3.31. The molecular weight excluding hydrogens is 234 g/mol. The molecule has 2 aromatic carbocycles. The molecule has 0 aliphatic heterocycles. The average Bonchev–Trinajstić information content (AvgIpc) is 2.40. The summed E-state index contributed by atoms with van der Waals surface area (Å²) in [7, 11) is 0. The summed E-state index contributed by atoms with van der Waals surface area (Å²) >= 11 is 5.70. The quantitative estimate of drug-likeness (QED) is 0.496. The van der Waals surface area contributed by atoms with Gasteiger partial charge in [0.2, 0.25) is 0 Å². The largest absolute Gasteiger partial charge is 0.410 e. The fourth-order valence-corrected chi connectivity index (χ4v) is 1.85. The molecule has 0 atom stereocenters. The summed E-state index contributed by atoms with van der Waals surface area (Å²) in [6.45, 7) is 0. The van der Waals surface area contributed by atoms with Crippen molar-refractivity contribution in [1.82, 2.24) is 0 Å². The fourth-order valence-electron chi connectivity index (χ4n) is 1.70. The molecule has 0 saturated heterocycles. The Kier molecular flexibility index (Phi) is 3.78. The summed E-state index contributed by atoms with van der Waals surface area (Å²) in [6.07, 6.45) is 0.443. The van der Waals surface area contributed by atoms with Crippen LogP contribution in [0.5, 0.6) is 0 Å². The molecule has 2 rings (SSSR count). The Morgan fingerprint density at radius 2 is 1.71 bits per heavy atom. The highest BCUT2D eigenvalue weighted by atomic mass is 35.5. The van der Waals surface area contributed by atoms with Gasteiger partial charge in [0, 0.05) is 6.42 Å². The van der Waals surface area contributed by atoms with Crippen LogP contribution in [0.15, 0.2) is 59.8 Å². The van der Waals surface area contributed by atoms with Crippen molar-refractivity contribution in [1.29, 1.82) is 0 Å². The molecule has 0 amide bonds. The van der Waals surface area contributed by atoms with E-state index in [1.54, 1.807) is 0 Å². The fraction of sp³-hybridized carbons (Fsp3) is 0.0714. The second-order valence-corrected chi connectivity index (χ2v) is 4.16. The van der Waals surface area contributed by atoms with Gasteiger partial charge in [0.25, 0.3) is 0 Å². The van der Waals surface area contributed by atoms with E-state index in [1.807, 2.05) is 42.5 Å². The molecule has 0 aromatic heterocycles. The molecule has 0 heterocycles. The van der Waals surface area contributed by atoms with E-state index in [0.29, 0.717) is 6.42 Å². The Balaban J connectivity index is 2.29. The van der Waals surface area contributed by atoms with Gasteiger partial charge in [-0.25, -0.2) is 0 Å². The Morgan fingerprint density at radius 3 is 2.41 bits per heavy atom. The molecule has 0 aliphatic rings. The van der Waals surface area contributed by atoms with Gasteiger partial charge in [-0.1, -0.05) is 71.4 Å². The Bertz CT molecular complexity index is 523. The summed E-state index contributed by atoms with van der Waals surface area (Å²) in [4.78, 5) is 0. The maximum absolute atomic E-state index is 8.54. The van der Waals surface area contributed by atoms with Crippen molar-refractivity contribution in [2.75, 3.05) is 0 Å². The van der Waals surface area contributed by atoms with E-state index in [0.717, 1.165) is 16.7 Å². The van der Waals surface area contributed by atoms with E-state index in [4.69, 9.17) is 16.8 Å². The van der Waals surface area contributed by atoms with Gasteiger partial charge in [0.05, 0.1) is 0 Å². The summed E-state index contributed by atoms with van der Waals surface area (Å²) in [5, 5.41) is 11.7. The van der Waals surface area contributed by atoms with E-state index in [9.17, 15) is 0 Å². The average molecular weight is 246 g/mol. The standard InChI is InChI=1S/C14H12ClNO/c15-14(16-17)10-11-5-4-8-13(9-11)12-6-2-1-3-7-12/h1-9,17H,10H2/b16-14+. The van der Waals surface area contributed by atoms with E-state index in [2.05, 4.69) is 17.3 Å². The second-order valence-electron chi connectivity index (χ2n) is 3.72. The minimum atomic E-state index is 0.190. The third-order valence-electron chi connectivity index (χ3n) is 2.49. The van der Waals surface area contributed by atoms with Gasteiger partial charge in [-0.05, 0) is 16.7 Å². The first-order chi connectivity index (χ1) is 8.29. The molecule has 3 heteroatoms. The zero-order chi connectivity index (χ0) is 12.1. The summed E-state index contributed by atoms with van der Waals surface area (Å²) in [6, 6.07) is 18.1. The van der Waals surface area contributed by atoms with E-state index < -0.39 is 0 Å². The van der Waals surface area contributed by atoms with Crippen molar-refractivity contribution in [2.45, 2.75) is 6.42 Å². The number of hydrogen-bond donors (Lipinski definition) is 1. The van der Waals surface area contributed by atoms with Gasteiger partial charge >= 0.3 is 0 Å². The van der Waals surface area contributed by atoms with E-state index in [-0.39, 0.29) is 5.17 Å². The molecule has 0 fully saturated rings. The SMILES string of the molecule is O/N=C(/Cl)Cc1cccc(-c2ccccc2)c1. The number of halogens is 1. The lowest BCUT2D eigenvalue weighted by atomic mass is 10.0. The zero-order valence-corrected chi connectivity index (χ0v) is 9.93. The predicted octanol–water partition coefficient (Wildman–Crippen LogP) is 3.92. The van der Waals surface area contributed by atoms with Crippen LogP contribution in [0, 0.1) is 0 Å². The molecule has 0 bridgehead atoms. The van der Waals surface area contributed by atoms with Crippen molar-refractivity contribution in [3.8, 4) is 11.1 Å². The number of oxime groups is 1. The van der Waals surface area contributed by atoms with E-state index >= 15 is 0 Å². The number of nitrogens with zero attached hydrogens (tertiary/aromatic N) is 1. The van der Waals surface area contributed by atoms with Gasteiger partial charge in [-0.15, -0.1) is 0 Å². The molecule has 2 nitrogen and oxygen atoms in total. The molecule has 0 spiro atoms. The van der Waals surface area contributed by atoms with Crippen LogP contribution in [-0.2, 0) is 6.42 Å². The molecule has 0 aliphatic carbocycles. The second kappa shape index (κ2) is 5.51. The van der Waals surface area contributed by atoms with Crippen LogP contribution in [-0.4, -0.2) is 10.4 Å². The maximum atomic E-state index is 8.54. The van der Waals surface area contributed by atoms with Gasteiger partial charge in [-0.3, -0.25) is 0 Å². The van der Waals surface area contributed by atoms with Crippen molar-refractivity contribution < 1.29 is 5.21 Å². The third-order valence-corrected chi connectivity index (χ3v) is 2.70. The lowest BCUT2D eigenvalue weighted by Gasteiger charge is -2.04. The number of benzene rings is 2. The highest BCUT2D eigenvalue weighted by Gasteiger charge is 2.01. The first kappa shape index (κ1) is 11.7. The molecule has 86 valence electrons. The van der Waals surface area contributed by atoms with Crippen LogP contribution in [0.4, 0.5) is 0 Å². The zero-order valence-electron chi connectivity index (χ0n) is 9.18. The number of hydrogen-bond acceptors (Lipinski definition) is 2. The highest BCUT2D eigenvalue weighted by Crippen LogP contribution is 2.20. The van der Waals surface area contributed by atoms with Crippen LogP contribution in [0.25, 0.3) is 11.1 Å². The first-order valence-corrected chi connectivity index (χ1v) is 5.68. The lowest BCUT2D eigenvalue weighted by Crippen LogP contribution is -1.94. The van der Waals surface area contributed by atoms with Gasteiger partial charge in [-0.2, -0.15) is 0 Å². The van der Waals surface area contributed by atoms with Crippen LogP contribution < -0.4 is 0 Å². The molecule has 0 radical (unpaired) electrons. The van der Waals surface area contributed by atoms with Gasteiger partial charge in [0.1, 0.15) is 5.17 Å². The highest BCUT2D eigenvalue weighted by molar-refractivity contribution is 6.65. The van der Waals surface area contributed by atoms with Crippen LogP contribution in [0.2, 0.25) is 0 Å². The third kappa shape index (κ3) is 3.08. The molecule has 0 unspecified atom stereocenters. The maximum Gasteiger partial charge on any atom is 0.149 e. The van der Waals surface area contributed by atoms with Crippen LogP contribution in [0.1, 0.15) is 5.56 Å². The molecule has 1 N–H and O–H groups in total. The first-order valence-electron chi connectivity index (χ1n) is 5.30. The van der Waals surface area contributed by atoms with Crippen molar-refractivity contribution in [3.63, 3.8) is 0 Å². The Morgan fingerprint density at radius 1 is 1.00 bits per heavy atom. The summed E-state index contributed by atoms with van der Waals surface area (Å²) in [5.74, 6) is 0.